The Balaban J connectivity index is 1.89. The molecule has 1 aliphatic rings. The second kappa shape index (κ2) is 70.9. The van der Waals surface area contributed by atoms with Gasteiger partial charge in [-0.25, -0.2) is 0 Å². The fourth-order valence-electron chi connectivity index (χ4n) is 12.8. The van der Waals surface area contributed by atoms with Crippen molar-refractivity contribution in [1.82, 2.24) is 5.32 Å². The van der Waals surface area contributed by atoms with E-state index in [1.54, 1.807) is 6.08 Å². The number of hydrogen-bond donors (Lipinski definition) is 6. The molecule has 0 radical (unpaired) electrons. The van der Waals surface area contributed by atoms with E-state index in [1.165, 1.54) is 308 Å². The molecule has 0 bridgehead atoms. The third-order valence-electron chi connectivity index (χ3n) is 19.1. The summed E-state index contributed by atoms with van der Waals surface area (Å²) >= 11 is 0. The summed E-state index contributed by atoms with van der Waals surface area (Å²) in [6.07, 6.45) is 84.3. The van der Waals surface area contributed by atoms with Crippen molar-refractivity contribution in [3.8, 4) is 0 Å². The van der Waals surface area contributed by atoms with E-state index in [2.05, 4.69) is 55.6 Å². The average molecular weight is 1310 g/mol. The maximum atomic E-state index is 13.1. The Kier molecular flexibility index (Phi) is 67.6. The zero-order valence-corrected chi connectivity index (χ0v) is 61.0. The van der Waals surface area contributed by atoms with E-state index >= 15 is 0 Å². The first-order valence-electron chi connectivity index (χ1n) is 40.4. The zero-order valence-electron chi connectivity index (χ0n) is 61.0. The molecule has 7 atom stereocenters. The maximum absolute atomic E-state index is 13.1. The molecule has 1 fully saturated rings. The fraction of sp³-hybridized carbons (Fsp3) is 0.878. The standard InChI is InChI=1S/C82H153NO10/c1-3-5-7-9-11-13-15-44-48-52-56-60-64-68-75(85)74(73-92-82-81(90)80(89)79(88)76(72-84)93-82)83-77(86)69-65-61-57-53-49-46-42-40-38-36-34-32-30-28-26-24-22-20-18-17-19-21-23-25-27-29-31-33-35-37-39-41-43-47-51-55-59-63-67-71-91-78(87)70-66-62-58-54-50-45-16-14-12-10-8-6-4-2/h8,10,14,16-18,64,68,74-76,79-82,84-85,88-90H,3-7,9,11-13,15,19-63,65-67,69-73H2,1-2H3,(H,83,86)/b10-8-,16-14-,18-17-,68-64+. The molecule has 1 rings (SSSR count). The highest BCUT2D eigenvalue weighted by Gasteiger charge is 2.44. The number of carbonyl (C=O) groups is 2. The predicted molar refractivity (Wildman–Crippen MR) is 394 cm³/mol. The first-order valence-corrected chi connectivity index (χ1v) is 40.4. The Hall–Kier alpha value is -2.38. The zero-order chi connectivity index (χ0) is 67.2. The van der Waals surface area contributed by atoms with Crippen molar-refractivity contribution in [3.05, 3.63) is 48.6 Å². The minimum absolute atomic E-state index is 0.00159. The summed E-state index contributed by atoms with van der Waals surface area (Å²) in [5, 5.41) is 54.6. The Morgan fingerprint density at radius 1 is 0.398 bits per heavy atom. The van der Waals surface area contributed by atoms with Gasteiger partial charge in [0.25, 0.3) is 0 Å². The van der Waals surface area contributed by atoms with Gasteiger partial charge >= 0.3 is 5.97 Å². The summed E-state index contributed by atoms with van der Waals surface area (Å²) in [7, 11) is 0. The van der Waals surface area contributed by atoms with E-state index in [-0.39, 0.29) is 18.5 Å². The molecule has 0 aromatic carbocycles. The molecule has 0 aromatic rings. The van der Waals surface area contributed by atoms with Crippen molar-refractivity contribution >= 4 is 11.9 Å². The molecule has 1 amide bonds. The summed E-state index contributed by atoms with van der Waals surface area (Å²) < 4.78 is 16.8. The molecule has 1 heterocycles. The smallest absolute Gasteiger partial charge is 0.305 e. The molecule has 11 nitrogen and oxygen atoms in total. The van der Waals surface area contributed by atoms with E-state index < -0.39 is 49.5 Å². The van der Waals surface area contributed by atoms with Gasteiger partial charge in [-0.2, -0.15) is 0 Å². The van der Waals surface area contributed by atoms with Gasteiger partial charge in [0, 0.05) is 12.8 Å². The molecular weight excluding hydrogens is 1160 g/mol. The number of aliphatic hydroxyl groups excluding tert-OH is 5. The number of amides is 1. The number of ether oxygens (including phenoxy) is 3. The Morgan fingerprint density at radius 3 is 1.14 bits per heavy atom. The van der Waals surface area contributed by atoms with Gasteiger partial charge in [-0.05, 0) is 83.5 Å². The normalized spacial score (nSPS) is 17.7. The van der Waals surface area contributed by atoms with Gasteiger partial charge in [0.05, 0.1) is 32.0 Å². The van der Waals surface area contributed by atoms with E-state index in [4.69, 9.17) is 14.2 Å². The first kappa shape index (κ1) is 88.6. The molecule has 7 unspecified atom stereocenters. The van der Waals surface area contributed by atoms with Crippen LogP contribution in [0.1, 0.15) is 399 Å². The van der Waals surface area contributed by atoms with Crippen molar-refractivity contribution < 1.29 is 49.3 Å². The fourth-order valence-corrected chi connectivity index (χ4v) is 12.8. The van der Waals surface area contributed by atoms with Crippen LogP contribution in [0, 0.1) is 0 Å². The molecule has 1 saturated heterocycles. The quantitative estimate of drug-likeness (QED) is 0.0195. The van der Waals surface area contributed by atoms with Gasteiger partial charge in [-0.3, -0.25) is 9.59 Å². The Labute approximate surface area is 574 Å². The lowest BCUT2D eigenvalue weighted by atomic mass is 9.99. The Bertz CT molecular complexity index is 1690. The largest absolute Gasteiger partial charge is 0.466 e. The van der Waals surface area contributed by atoms with Gasteiger partial charge in [0.1, 0.15) is 24.4 Å². The predicted octanol–water partition coefficient (Wildman–Crippen LogP) is 21.9. The molecule has 0 saturated carbocycles. The number of rotatable bonds is 72. The van der Waals surface area contributed by atoms with Crippen LogP contribution in [0.2, 0.25) is 0 Å². The number of aliphatic hydroxyl groups is 5. The lowest BCUT2D eigenvalue weighted by Crippen LogP contribution is -2.60. The second-order valence-electron chi connectivity index (χ2n) is 28.1. The second-order valence-corrected chi connectivity index (χ2v) is 28.1. The summed E-state index contributed by atoms with van der Waals surface area (Å²) in [6, 6.07) is -0.807. The van der Waals surface area contributed by atoms with Gasteiger partial charge in [-0.1, -0.05) is 351 Å². The summed E-state index contributed by atoms with van der Waals surface area (Å²) in [5.41, 5.74) is 0. The monoisotopic (exact) mass is 1310 g/mol. The SMILES string of the molecule is CCC/C=C\C/C=C\CCCCCCCC(=O)OCCCCCCCCCCCCCCCCCCCC/C=C\CCCCCCCCCCCCCCCCCCCC(=O)NC(COC1OC(CO)C(O)C(O)C1O)C(O)/C=C/CCCCCCCCCCCCC. The highest BCUT2D eigenvalue weighted by Crippen LogP contribution is 2.24. The number of esters is 1. The van der Waals surface area contributed by atoms with Crippen molar-refractivity contribution in [1.29, 1.82) is 0 Å². The summed E-state index contributed by atoms with van der Waals surface area (Å²) in [4.78, 5) is 25.1. The van der Waals surface area contributed by atoms with Crippen LogP contribution in [0.4, 0.5) is 0 Å². The molecule has 11 heteroatoms. The molecule has 0 aromatic heterocycles. The summed E-state index contributed by atoms with van der Waals surface area (Å²) in [6.45, 7) is 4.32. The van der Waals surface area contributed by atoms with Gasteiger partial charge < -0.3 is 45.1 Å². The molecule has 93 heavy (non-hydrogen) atoms. The van der Waals surface area contributed by atoms with Gasteiger partial charge in [-0.15, -0.1) is 0 Å². The molecule has 0 aliphatic carbocycles. The van der Waals surface area contributed by atoms with Crippen molar-refractivity contribution in [2.45, 2.75) is 442 Å². The van der Waals surface area contributed by atoms with Crippen LogP contribution in [0.15, 0.2) is 48.6 Å². The van der Waals surface area contributed by atoms with Crippen LogP contribution in [-0.4, -0.2) is 100 Å². The van der Waals surface area contributed by atoms with Crippen molar-refractivity contribution in [2.24, 2.45) is 0 Å². The first-order chi connectivity index (χ1) is 45.7. The number of hydrogen-bond acceptors (Lipinski definition) is 10. The number of nitrogens with one attached hydrogen (secondary N) is 1. The van der Waals surface area contributed by atoms with Crippen LogP contribution >= 0.6 is 0 Å². The molecular formula is C82H153NO10. The van der Waals surface area contributed by atoms with Crippen molar-refractivity contribution in [2.75, 3.05) is 19.8 Å². The summed E-state index contributed by atoms with van der Waals surface area (Å²) in [5.74, 6) is -0.173. The lowest BCUT2D eigenvalue weighted by Gasteiger charge is -2.40. The van der Waals surface area contributed by atoms with Crippen LogP contribution in [0.5, 0.6) is 0 Å². The number of allylic oxidation sites excluding steroid dienone is 7. The molecule has 1 aliphatic heterocycles. The third-order valence-corrected chi connectivity index (χ3v) is 19.1. The van der Waals surface area contributed by atoms with Crippen LogP contribution < -0.4 is 5.32 Å². The minimum atomic E-state index is -1.57. The molecule has 6 N–H and O–H groups in total. The van der Waals surface area contributed by atoms with E-state index in [0.717, 1.165) is 64.2 Å². The highest BCUT2D eigenvalue weighted by molar-refractivity contribution is 5.76. The Morgan fingerprint density at radius 2 is 0.742 bits per heavy atom. The maximum Gasteiger partial charge on any atom is 0.305 e. The van der Waals surface area contributed by atoms with Crippen LogP contribution in [0.25, 0.3) is 0 Å². The average Bonchev–Trinajstić information content (AvgIpc) is 0.985. The van der Waals surface area contributed by atoms with Crippen LogP contribution in [-0.2, 0) is 23.8 Å². The molecule has 546 valence electrons. The molecule has 0 spiro atoms. The van der Waals surface area contributed by atoms with Gasteiger partial charge in [0.2, 0.25) is 5.91 Å². The van der Waals surface area contributed by atoms with Gasteiger partial charge in [0.15, 0.2) is 6.29 Å². The lowest BCUT2D eigenvalue weighted by molar-refractivity contribution is -0.302. The topological polar surface area (TPSA) is 175 Å². The minimum Gasteiger partial charge on any atom is -0.466 e. The van der Waals surface area contributed by atoms with E-state index in [9.17, 15) is 35.1 Å². The highest BCUT2D eigenvalue weighted by atomic mass is 16.7. The van der Waals surface area contributed by atoms with E-state index in [1.807, 2.05) is 6.08 Å². The van der Waals surface area contributed by atoms with Crippen molar-refractivity contribution in [3.63, 3.8) is 0 Å². The van der Waals surface area contributed by atoms with Crippen LogP contribution in [0.3, 0.4) is 0 Å². The van der Waals surface area contributed by atoms with E-state index in [0.29, 0.717) is 19.4 Å². The number of unbranched alkanes of at least 4 members (excludes halogenated alkanes) is 52. The third kappa shape index (κ3) is 59.4. The number of carbonyl (C=O) groups excluding carboxylic acids is 2.